The Labute approximate surface area is 129 Å². The van der Waals surface area contributed by atoms with Crippen LogP contribution in [-0.2, 0) is 17.1 Å². The largest absolute Gasteiger partial charge is 0.416 e. The Kier molecular flexibility index (Phi) is 5.13. The lowest BCUT2D eigenvalue weighted by molar-refractivity contribution is -0.143. The van der Waals surface area contributed by atoms with E-state index >= 15 is 0 Å². The minimum Gasteiger partial charge on any atom is -0.294 e. The Morgan fingerprint density at radius 2 is 1.36 bits per heavy atom. The van der Waals surface area contributed by atoms with Crippen molar-refractivity contribution in [2.45, 2.75) is 23.7 Å². The maximum absolute atomic E-state index is 12.6. The summed E-state index contributed by atoms with van der Waals surface area (Å²) in [6.07, 6.45) is -10.0. The summed E-state index contributed by atoms with van der Waals surface area (Å²) >= 11 is 10.8. The van der Waals surface area contributed by atoms with Crippen LogP contribution < -0.4 is 0 Å². The summed E-state index contributed by atoms with van der Waals surface area (Å²) in [5.41, 5.74) is -3.95. The molecule has 0 spiro atoms. The molecule has 1 aromatic carbocycles. The number of benzene rings is 1. The van der Waals surface area contributed by atoms with Crippen LogP contribution in [0.4, 0.5) is 32.0 Å². The number of carbonyl (C=O) groups excluding carboxylic acids is 1. The minimum absolute atomic E-state index is 0.0708. The molecule has 0 fully saturated rings. The van der Waals surface area contributed by atoms with Crippen molar-refractivity contribution in [3.05, 3.63) is 29.3 Å². The standard InChI is InChI=1S/C11H6Cl2F6N2O/c1-5(22)9(12,13)21-20-8-3-6(10(14,15)16)2-7(4-8)11(17,18)19/h2-4H,1H3. The number of Topliss-reactive ketones (excluding diaryl/α,β-unsaturated/α-hetero) is 1. The molecule has 0 amide bonds. The summed E-state index contributed by atoms with van der Waals surface area (Å²) in [5.74, 6) is -0.900. The van der Waals surface area contributed by atoms with Crippen LogP contribution in [0, 0.1) is 0 Å². The third kappa shape index (κ3) is 4.84. The number of azo groups is 1. The van der Waals surface area contributed by atoms with Crippen molar-refractivity contribution in [3.8, 4) is 0 Å². The molecule has 3 nitrogen and oxygen atoms in total. The van der Waals surface area contributed by atoms with Gasteiger partial charge >= 0.3 is 12.4 Å². The molecule has 0 saturated heterocycles. The maximum atomic E-state index is 12.6. The lowest BCUT2D eigenvalue weighted by atomic mass is 10.1. The van der Waals surface area contributed by atoms with Crippen LogP contribution in [0.1, 0.15) is 18.1 Å². The number of halogens is 8. The smallest absolute Gasteiger partial charge is 0.294 e. The lowest BCUT2D eigenvalue weighted by Gasteiger charge is -2.13. The quantitative estimate of drug-likeness (QED) is 0.300. The number of rotatable bonds is 3. The van der Waals surface area contributed by atoms with Gasteiger partial charge in [0.2, 0.25) is 0 Å². The van der Waals surface area contributed by atoms with Crippen LogP contribution in [0.2, 0.25) is 0 Å². The van der Waals surface area contributed by atoms with Crippen LogP contribution in [0.15, 0.2) is 28.4 Å². The number of alkyl halides is 8. The third-order valence-electron chi connectivity index (χ3n) is 2.29. The Morgan fingerprint density at radius 1 is 0.955 bits per heavy atom. The van der Waals surface area contributed by atoms with Crippen LogP contribution in [0.5, 0.6) is 0 Å². The SMILES string of the molecule is CC(=O)C(Cl)(Cl)N=Nc1cc(C(F)(F)F)cc(C(F)(F)F)c1. The Hall–Kier alpha value is -1.35. The van der Waals surface area contributed by atoms with E-state index in [0.29, 0.717) is 12.1 Å². The summed E-state index contributed by atoms with van der Waals surface area (Å²) in [7, 11) is 0. The third-order valence-corrected chi connectivity index (χ3v) is 2.97. The zero-order chi connectivity index (χ0) is 17.3. The van der Waals surface area contributed by atoms with E-state index in [0.717, 1.165) is 6.92 Å². The van der Waals surface area contributed by atoms with Crippen LogP contribution in [0.25, 0.3) is 0 Å². The Morgan fingerprint density at radius 3 is 1.68 bits per heavy atom. The second kappa shape index (κ2) is 6.04. The van der Waals surface area contributed by atoms with Crippen LogP contribution in [0.3, 0.4) is 0 Å². The molecular formula is C11H6Cl2F6N2O. The highest BCUT2D eigenvalue weighted by Crippen LogP contribution is 2.38. The van der Waals surface area contributed by atoms with Gasteiger partial charge in [-0.25, -0.2) is 0 Å². The van der Waals surface area contributed by atoms with E-state index in [4.69, 9.17) is 23.2 Å². The van der Waals surface area contributed by atoms with Gasteiger partial charge < -0.3 is 0 Å². The number of nitrogens with zero attached hydrogens (tertiary/aromatic N) is 2. The van der Waals surface area contributed by atoms with E-state index in [2.05, 4.69) is 10.2 Å². The molecular weight excluding hydrogens is 361 g/mol. The van der Waals surface area contributed by atoms with E-state index < -0.39 is 39.4 Å². The molecule has 0 N–H and O–H groups in total. The molecule has 0 radical (unpaired) electrons. The molecule has 11 heteroatoms. The van der Waals surface area contributed by atoms with E-state index in [1.165, 1.54) is 0 Å². The maximum Gasteiger partial charge on any atom is 0.416 e. The van der Waals surface area contributed by atoms with Gasteiger partial charge in [0.25, 0.3) is 4.46 Å². The molecule has 0 aliphatic carbocycles. The molecule has 0 heterocycles. The molecule has 0 unspecified atom stereocenters. The normalized spacial score (nSPS) is 13.7. The number of ketones is 1. The van der Waals surface area contributed by atoms with Gasteiger partial charge in [-0.1, -0.05) is 23.2 Å². The molecule has 1 aromatic rings. The summed E-state index contributed by atoms with van der Waals surface area (Å²) in [6.45, 7) is 0.923. The molecule has 1 rings (SSSR count). The first-order chi connectivity index (χ1) is 9.73. The lowest BCUT2D eigenvalue weighted by Crippen LogP contribution is -2.19. The van der Waals surface area contributed by atoms with Gasteiger partial charge in [0.15, 0.2) is 5.78 Å². The number of hydrogen-bond acceptors (Lipinski definition) is 3. The molecule has 0 aliphatic heterocycles. The summed E-state index contributed by atoms with van der Waals surface area (Å²) in [5, 5.41) is 6.13. The van der Waals surface area contributed by atoms with Crippen molar-refractivity contribution in [1.29, 1.82) is 0 Å². The van der Waals surface area contributed by atoms with Crippen LogP contribution in [-0.4, -0.2) is 10.2 Å². The summed E-state index contributed by atoms with van der Waals surface area (Å²) in [4.78, 5) is 11.0. The second-order valence-electron chi connectivity index (χ2n) is 4.06. The van der Waals surface area contributed by atoms with Gasteiger partial charge in [-0.15, -0.1) is 5.11 Å². The number of carbonyl (C=O) groups is 1. The predicted octanol–water partition coefficient (Wildman–Crippen LogP) is 5.53. The topological polar surface area (TPSA) is 41.8 Å². The molecule has 0 saturated carbocycles. The average molecular weight is 367 g/mol. The van der Waals surface area contributed by atoms with Gasteiger partial charge in [0.05, 0.1) is 16.8 Å². The zero-order valence-electron chi connectivity index (χ0n) is 10.6. The van der Waals surface area contributed by atoms with Gasteiger partial charge in [-0.05, 0) is 25.1 Å². The molecule has 0 atom stereocenters. The van der Waals surface area contributed by atoms with Crippen molar-refractivity contribution in [1.82, 2.24) is 0 Å². The zero-order valence-corrected chi connectivity index (χ0v) is 12.1. The summed E-state index contributed by atoms with van der Waals surface area (Å²) in [6, 6.07) is 0.574. The fraction of sp³-hybridized carbons (Fsp3) is 0.364. The first kappa shape index (κ1) is 18.7. The monoisotopic (exact) mass is 366 g/mol. The van der Waals surface area contributed by atoms with Crippen molar-refractivity contribution in [2.24, 2.45) is 10.2 Å². The second-order valence-corrected chi connectivity index (χ2v) is 5.35. The van der Waals surface area contributed by atoms with E-state index in [-0.39, 0.29) is 6.07 Å². The number of hydrogen-bond donors (Lipinski definition) is 0. The van der Waals surface area contributed by atoms with Gasteiger partial charge in [0, 0.05) is 0 Å². The summed E-state index contributed by atoms with van der Waals surface area (Å²) < 4.78 is 73.2. The molecule has 0 aliphatic rings. The van der Waals surface area contributed by atoms with Gasteiger partial charge in [-0.2, -0.15) is 31.5 Å². The highest BCUT2D eigenvalue weighted by Gasteiger charge is 2.37. The molecule has 0 aromatic heterocycles. The van der Waals surface area contributed by atoms with Gasteiger partial charge in [0.1, 0.15) is 0 Å². The first-order valence-corrected chi connectivity index (χ1v) is 6.10. The molecule has 22 heavy (non-hydrogen) atoms. The van der Waals surface area contributed by atoms with Gasteiger partial charge in [-0.3, -0.25) is 4.79 Å². The fourth-order valence-corrected chi connectivity index (χ4v) is 1.26. The van der Waals surface area contributed by atoms with E-state index in [9.17, 15) is 31.1 Å². The highest BCUT2D eigenvalue weighted by atomic mass is 35.5. The minimum atomic E-state index is -5.02. The van der Waals surface area contributed by atoms with Crippen molar-refractivity contribution in [2.75, 3.05) is 0 Å². The van der Waals surface area contributed by atoms with E-state index in [1.807, 2.05) is 0 Å². The predicted molar refractivity (Wildman–Crippen MR) is 66.1 cm³/mol. The Bertz CT molecular complexity index is 577. The van der Waals surface area contributed by atoms with Crippen molar-refractivity contribution < 1.29 is 31.1 Å². The Balaban J connectivity index is 3.37. The first-order valence-electron chi connectivity index (χ1n) is 5.35. The molecule has 122 valence electrons. The highest BCUT2D eigenvalue weighted by molar-refractivity contribution is 6.57. The van der Waals surface area contributed by atoms with Crippen LogP contribution >= 0.6 is 23.2 Å². The van der Waals surface area contributed by atoms with Crippen molar-refractivity contribution in [3.63, 3.8) is 0 Å². The average Bonchev–Trinajstić information content (AvgIpc) is 2.34. The fourth-order valence-electron chi connectivity index (χ4n) is 1.19. The van der Waals surface area contributed by atoms with Crippen molar-refractivity contribution >= 4 is 34.7 Å². The van der Waals surface area contributed by atoms with E-state index in [1.54, 1.807) is 0 Å². The molecule has 0 bridgehead atoms.